The minimum absolute atomic E-state index is 0. The summed E-state index contributed by atoms with van der Waals surface area (Å²) in [6, 6.07) is 0. The van der Waals surface area contributed by atoms with E-state index >= 15 is 0 Å². The average molecular weight is 318 g/mol. The predicted octanol–water partition coefficient (Wildman–Crippen LogP) is 2.95. The van der Waals surface area contributed by atoms with Crippen LogP contribution in [0.15, 0.2) is 0 Å². The molecule has 4 rings (SSSR count). The quantitative estimate of drug-likeness (QED) is 0.783. The van der Waals surface area contributed by atoms with Crippen LogP contribution in [0.1, 0.15) is 46.0 Å². The van der Waals surface area contributed by atoms with Gasteiger partial charge in [0.15, 0.2) is 0 Å². The van der Waals surface area contributed by atoms with Crippen LogP contribution >= 0.6 is 12.4 Å². The highest BCUT2D eigenvalue weighted by Gasteiger charge is 2.48. The molecule has 0 amide bonds. The molecule has 0 aromatic carbocycles. The fourth-order valence-electron chi connectivity index (χ4n) is 5.20. The van der Waals surface area contributed by atoms with Gasteiger partial charge in [-0.15, -0.1) is 12.4 Å². The van der Waals surface area contributed by atoms with Crippen LogP contribution in [-0.2, 0) is 4.74 Å². The number of rotatable bonds is 7. The lowest BCUT2D eigenvalue weighted by molar-refractivity contribution is -0.141. The lowest BCUT2D eigenvalue weighted by atomic mass is 9.55. The van der Waals surface area contributed by atoms with Crippen LogP contribution in [0.4, 0.5) is 0 Å². The molecule has 21 heavy (non-hydrogen) atoms. The number of halogens is 1. The van der Waals surface area contributed by atoms with Crippen molar-refractivity contribution < 1.29 is 9.84 Å². The predicted molar refractivity (Wildman–Crippen MR) is 87.8 cm³/mol. The van der Waals surface area contributed by atoms with Crippen LogP contribution < -0.4 is 0 Å². The van der Waals surface area contributed by atoms with Gasteiger partial charge in [-0.05, 0) is 68.9 Å². The molecule has 4 saturated carbocycles. The Morgan fingerprint density at radius 3 is 2.00 bits per heavy atom. The van der Waals surface area contributed by atoms with E-state index in [1.807, 2.05) is 0 Å². The summed E-state index contributed by atoms with van der Waals surface area (Å²) in [4.78, 5) is 2.27. The molecule has 1 unspecified atom stereocenters. The first-order valence-electron chi connectivity index (χ1n) is 8.71. The highest BCUT2D eigenvalue weighted by molar-refractivity contribution is 5.85. The highest BCUT2D eigenvalue weighted by atomic mass is 35.5. The van der Waals surface area contributed by atoms with Gasteiger partial charge in [0, 0.05) is 6.54 Å². The van der Waals surface area contributed by atoms with Gasteiger partial charge in [-0.3, -0.25) is 0 Å². The Labute approximate surface area is 135 Å². The Kier molecular flexibility index (Phi) is 6.37. The summed E-state index contributed by atoms with van der Waals surface area (Å²) in [7, 11) is 0. The summed E-state index contributed by atoms with van der Waals surface area (Å²) >= 11 is 0. The lowest BCUT2D eigenvalue weighted by Crippen LogP contribution is -2.50. The monoisotopic (exact) mass is 317 g/mol. The standard InChI is InChI=1S/C17H31NO2.ClH/c1-3-18(4-2)10-16(19)11-20-17-14-6-12-5-13(8-14)9-15(17)7-12;/h12-17,19H,3-11H2,1-2H3;1H. The van der Waals surface area contributed by atoms with Gasteiger partial charge in [0.25, 0.3) is 0 Å². The van der Waals surface area contributed by atoms with Gasteiger partial charge in [-0.1, -0.05) is 13.8 Å². The second kappa shape index (κ2) is 7.63. The van der Waals surface area contributed by atoms with Crippen LogP contribution in [0, 0.1) is 23.7 Å². The molecule has 0 heterocycles. The van der Waals surface area contributed by atoms with Crippen LogP contribution in [0.25, 0.3) is 0 Å². The molecule has 0 aliphatic heterocycles. The van der Waals surface area contributed by atoms with E-state index in [0.29, 0.717) is 12.7 Å². The normalized spacial score (nSPS) is 38.6. The summed E-state index contributed by atoms with van der Waals surface area (Å²) in [5, 5.41) is 10.2. The summed E-state index contributed by atoms with van der Waals surface area (Å²) in [5.41, 5.74) is 0. The van der Waals surface area contributed by atoms with E-state index in [-0.39, 0.29) is 18.5 Å². The second-order valence-electron chi connectivity index (χ2n) is 7.37. The van der Waals surface area contributed by atoms with E-state index < -0.39 is 0 Å². The maximum Gasteiger partial charge on any atom is 0.0900 e. The molecule has 3 nitrogen and oxygen atoms in total. The average Bonchev–Trinajstić information content (AvgIpc) is 2.43. The molecular weight excluding hydrogens is 286 g/mol. The first-order chi connectivity index (χ1) is 9.69. The van der Waals surface area contributed by atoms with Crippen molar-refractivity contribution in [3.05, 3.63) is 0 Å². The fourth-order valence-corrected chi connectivity index (χ4v) is 5.20. The van der Waals surface area contributed by atoms with E-state index in [9.17, 15) is 5.11 Å². The Balaban J connectivity index is 0.00000161. The Hall–Kier alpha value is 0.170. The fraction of sp³-hybridized carbons (Fsp3) is 1.00. The third-order valence-corrected chi connectivity index (χ3v) is 5.98. The Bertz CT molecular complexity index is 294. The van der Waals surface area contributed by atoms with Gasteiger partial charge in [-0.25, -0.2) is 0 Å². The van der Waals surface area contributed by atoms with Crippen molar-refractivity contribution in [2.45, 2.75) is 58.2 Å². The molecule has 124 valence electrons. The summed E-state index contributed by atoms with van der Waals surface area (Å²) in [6.07, 6.45) is 7.19. The third kappa shape index (κ3) is 3.93. The molecule has 0 aromatic rings. The van der Waals surface area contributed by atoms with Crippen molar-refractivity contribution >= 4 is 12.4 Å². The SMILES string of the molecule is CCN(CC)CC(O)COC1C2CC3CC(C2)CC1C3.Cl. The van der Waals surface area contributed by atoms with E-state index in [1.165, 1.54) is 32.1 Å². The molecule has 0 aromatic heterocycles. The number of nitrogens with zero attached hydrogens (tertiary/aromatic N) is 1. The molecule has 4 fully saturated rings. The largest absolute Gasteiger partial charge is 0.389 e. The lowest BCUT2D eigenvalue weighted by Gasteiger charge is -2.54. The van der Waals surface area contributed by atoms with Gasteiger partial charge in [0.2, 0.25) is 0 Å². The zero-order valence-corrected chi connectivity index (χ0v) is 14.4. The molecule has 1 atom stereocenters. The first kappa shape index (κ1) is 17.5. The molecule has 4 aliphatic carbocycles. The molecule has 0 saturated heterocycles. The zero-order chi connectivity index (χ0) is 14.1. The third-order valence-electron chi connectivity index (χ3n) is 5.98. The molecule has 4 heteroatoms. The highest BCUT2D eigenvalue weighted by Crippen LogP contribution is 2.54. The van der Waals surface area contributed by atoms with Crippen molar-refractivity contribution in [2.24, 2.45) is 23.7 Å². The Morgan fingerprint density at radius 1 is 1.00 bits per heavy atom. The van der Waals surface area contributed by atoms with Gasteiger partial charge in [-0.2, -0.15) is 0 Å². The van der Waals surface area contributed by atoms with Crippen molar-refractivity contribution in [2.75, 3.05) is 26.2 Å². The van der Waals surface area contributed by atoms with Crippen LogP contribution in [0.2, 0.25) is 0 Å². The van der Waals surface area contributed by atoms with Crippen molar-refractivity contribution in [3.63, 3.8) is 0 Å². The van der Waals surface area contributed by atoms with Gasteiger partial charge < -0.3 is 14.7 Å². The molecule has 0 spiro atoms. The number of hydrogen-bond donors (Lipinski definition) is 1. The molecule has 4 aliphatic rings. The summed E-state index contributed by atoms with van der Waals surface area (Å²) in [6.45, 7) is 7.59. The van der Waals surface area contributed by atoms with Crippen LogP contribution in [0.5, 0.6) is 0 Å². The minimum Gasteiger partial charge on any atom is -0.389 e. The number of ether oxygens (including phenoxy) is 1. The van der Waals surface area contributed by atoms with E-state index in [0.717, 1.165) is 43.3 Å². The van der Waals surface area contributed by atoms with Crippen LogP contribution in [0.3, 0.4) is 0 Å². The molecule has 0 radical (unpaired) electrons. The van der Waals surface area contributed by atoms with E-state index in [2.05, 4.69) is 18.7 Å². The van der Waals surface area contributed by atoms with Gasteiger partial charge in [0.1, 0.15) is 0 Å². The van der Waals surface area contributed by atoms with Gasteiger partial charge >= 0.3 is 0 Å². The van der Waals surface area contributed by atoms with Crippen molar-refractivity contribution in [3.8, 4) is 0 Å². The second-order valence-corrected chi connectivity index (χ2v) is 7.37. The van der Waals surface area contributed by atoms with Crippen molar-refractivity contribution in [1.82, 2.24) is 4.90 Å². The zero-order valence-electron chi connectivity index (χ0n) is 13.5. The molecular formula is C17H32ClNO2. The number of hydrogen-bond acceptors (Lipinski definition) is 3. The number of aliphatic hydroxyl groups excluding tert-OH is 1. The molecule has 1 N–H and O–H groups in total. The summed E-state index contributed by atoms with van der Waals surface area (Å²) in [5.74, 6) is 3.59. The Morgan fingerprint density at radius 2 is 1.52 bits per heavy atom. The summed E-state index contributed by atoms with van der Waals surface area (Å²) < 4.78 is 6.19. The maximum atomic E-state index is 10.2. The topological polar surface area (TPSA) is 32.7 Å². The molecule has 4 bridgehead atoms. The van der Waals surface area contributed by atoms with Crippen LogP contribution in [-0.4, -0.2) is 48.5 Å². The smallest absolute Gasteiger partial charge is 0.0900 e. The van der Waals surface area contributed by atoms with Crippen molar-refractivity contribution in [1.29, 1.82) is 0 Å². The first-order valence-corrected chi connectivity index (χ1v) is 8.71. The maximum absolute atomic E-state index is 10.2. The van der Waals surface area contributed by atoms with Gasteiger partial charge in [0.05, 0.1) is 18.8 Å². The number of aliphatic hydroxyl groups is 1. The number of likely N-dealkylation sites (N-methyl/N-ethyl adjacent to an activating group) is 1. The minimum atomic E-state index is -0.327. The van der Waals surface area contributed by atoms with E-state index in [1.54, 1.807) is 0 Å². The van der Waals surface area contributed by atoms with E-state index in [4.69, 9.17) is 4.74 Å².